The third-order valence-corrected chi connectivity index (χ3v) is 5.24. The van der Waals surface area contributed by atoms with E-state index in [0.717, 1.165) is 27.5 Å². The van der Waals surface area contributed by atoms with Crippen LogP contribution in [0.2, 0.25) is 0 Å². The standard InChI is InChI=1S/C13H11N3O4S2/c1-7-15-10-3-2-8(4-12(10)21-7)16-22(19,20)9-5-11(13(17)18)14-6-9/h2-6,14,16H,1H3,(H,17,18). The molecule has 0 radical (unpaired) electrons. The molecular weight excluding hydrogens is 326 g/mol. The van der Waals surface area contributed by atoms with Crippen molar-refractivity contribution in [2.75, 3.05) is 4.72 Å². The van der Waals surface area contributed by atoms with Gasteiger partial charge in [-0.05, 0) is 31.2 Å². The van der Waals surface area contributed by atoms with Gasteiger partial charge >= 0.3 is 5.97 Å². The van der Waals surface area contributed by atoms with E-state index >= 15 is 0 Å². The molecule has 9 heteroatoms. The van der Waals surface area contributed by atoms with Gasteiger partial charge in [-0.3, -0.25) is 4.72 Å². The predicted molar refractivity (Wildman–Crippen MR) is 82.9 cm³/mol. The number of anilines is 1. The lowest BCUT2D eigenvalue weighted by Gasteiger charge is -2.06. The van der Waals surface area contributed by atoms with Crippen molar-refractivity contribution in [1.29, 1.82) is 0 Å². The number of aromatic carboxylic acids is 1. The topological polar surface area (TPSA) is 112 Å². The summed E-state index contributed by atoms with van der Waals surface area (Å²) in [6, 6.07) is 6.11. The van der Waals surface area contributed by atoms with Crippen molar-refractivity contribution in [3.05, 3.63) is 41.2 Å². The Morgan fingerprint density at radius 1 is 1.36 bits per heavy atom. The first-order valence-electron chi connectivity index (χ1n) is 6.17. The summed E-state index contributed by atoms with van der Waals surface area (Å²) in [5.74, 6) is -1.22. The summed E-state index contributed by atoms with van der Waals surface area (Å²) in [7, 11) is -3.85. The lowest BCUT2D eigenvalue weighted by atomic mass is 10.3. The lowest BCUT2D eigenvalue weighted by Crippen LogP contribution is -2.12. The molecule has 3 aromatic rings. The highest BCUT2D eigenvalue weighted by atomic mass is 32.2. The highest BCUT2D eigenvalue weighted by Gasteiger charge is 2.18. The minimum atomic E-state index is -3.85. The molecule has 0 aliphatic rings. The van der Waals surface area contributed by atoms with Crippen LogP contribution in [0, 0.1) is 6.92 Å². The maximum atomic E-state index is 12.2. The van der Waals surface area contributed by atoms with Gasteiger partial charge in [0.25, 0.3) is 10.0 Å². The molecule has 0 atom stereocenters. The lowest BCUT2D eigenvalue weighted by molar-refractivity contribution is 0.0691. The number of carboxylic acids is 1. The summed E-state index contributed by atoms with van der Waals surface area (Å²) < 4.78 is 27.8. The average molecular weight is 337 g/mol. The van der Waals surface area contributed by atoms with Crippen molar-refractivity contribution in [2.45, 2.75) is 11.8 Å². The van der Waals surface area contributed by atoms with Gasteiger partial charge in [-0.1, -0.05) is 0 Å². The predicted octanol–water partition coefficient (Wildman–Crippen LogP) is 2.43. The van der Waals surface area contributed by atoms with Crippen molar-refractivity contribution in [3.8, 4) is 0 Å². The van der Waals surface area contributed by atoms with Crippen LogP contribution < -0.4 is 4.72 Å². The first kappa shape index (κ1) is 14.5. The number of rotatable bonds is 4. The molecule has 0 aliphatic heterocycles. The van der Waals surface area contributed by atoms with Gasteiger partial charge < -0.3 is 10.1 Å². The zero-order valence-corrected chi connectivity index (χ0v) is 13.0. The van der Waals surface area contributed by atoms with Crippen LogP contribution in [0.1, 0.15) is 15.5 Å². The number of carboxylic acid groups (broad SMARTS) is 1. The number of nitrogens with zero attached hydrogens (tertiary/aromatic N) is 1. The molecule has 2 heterocycles. The second-order valence-electron chi connectivity index (χ2n) is 4.58. The fourth-order valence-electron chi connectivity index (χ4n) is 1.97. The third kappa shape index (κ3) is 2.68. The molecule has 2 aromatic heterocycles. The summed E-state index contributed by atoms with van der Waals surface area (Å²) in [6.07, 6.45) is 1.14. The van der Waals surface area contributed by atoms with E-state index in [-0.39, 0.29) is 10.6 Å². The second kappa shape index (κ2) is 5.11. The zero-order chi connectivity index (χ0) is 15.9. The number of thiazole rings is 1. The number of nitrogens with one attached hydrogen (secondary N) is 2. The van der Waals surface area contributed by atoms with Crippen LogP contribution in [0.4, 0.5) is 5.69 Å². The first-order chi connectivity index (χ1) is 10.3. The first-order valence-corrected chi connectivity index (χ1v) is 8.47. The number of aryl methyl sites for hydroxylation is 1. The Bertz CT molecular complexity index is 972. The van der Waals surface area contributed by atoms with Gasteiger partial charge in [0.2, 0.25) is 0 Å². The van der Waals surface area contributed by atoms with E-state index in [1.54, 1.807) is 18.2 Å². The minimum Gasteiger partial charge on any atom is -0.477 e. The highest BCUT2D eigenvalue weighted by Crippen LogP contribution is 2.26. The van der Waals surface area contributed by atoms with E-state index in [1.807, 2.05) is 6.92 Å². The largest absolute Gasteiger partial charge is 0.477 e. The summed E-state index contributed by atoms with van der Waals surface area (Å²) >= 11 is 1.47. The van der Waals surface area contributed by atoms with Gasteiger partial charge in [-0.15, -0.1) is 11.3 Å². The molecule has 3 rings (SSSR count). The molecule has 3 N–H and O–H groups in total. The molecule has 0 aliphatic carbocycles. The van der Waals surface area contributed by atoms with Gasteiger partial charge in [0, 0.05) is 6.20 Å². The number of fused-ring (bicyclic) bond motifs is 1. The summed E-state index contributed by atoms with van der Waals surface area (Å²) in [6.45, 7) is 1.88. The van der Waals surface area contributed by atoms with E-state index in [1.165, 1.54) is 11.3 Å². The fourth-order valence-corrected chi connectivity index (χ4v) is 3.88. The molecule has 22 heavy (non-hydrogen) atoms. The van der Waals surface area contributed by atoms with E-state index in [4.69, 9.17) is 5.11 Å². The van der Waals surface area contributed by atoms with E-state index in [9.17, 15) is 13.2 Å². The summed E-state index contributed by atoms with van der Waals surface area (Å²) in [5, 5.41) is 9.72. The average Bonchev–Trinajstić information content (AvgIpc) is 3.03. The molecular formula is C13H11N3O4S2. The Kier molecular flexibility index (Phi) is 3.38. The molecule has 114 valence electrons. The van der Waals surface area contributed by atoms with Crippen LogP contribution in [-0.2, 0) is 10.0 Å². The minimum absolute atomic E-state index is 0.134. The smallest absolute Gasteiger partial charge is 0.352 e. The number of benzene rings is 1. The monoisotopic (exact) mass is 337 g/mol. The fraction of sp³-hybridized carbons (Fsp3) is 0.0769. The molecule has 0 saturated carbocycles. The number of aromatic nitrogens is 2. The normalized spacial score (nSPS) is 11.7. The molecule has 0 fully saturated rings. The molecule has 0 amide bonds. The Balaban J connectivity index is 1.92. The van der Waals surface area contributed by atoms with Gasteiger partial charge in [0.15, 0.2) is 0 Å². The molecule has 7 nitrogen and oxygen atoms in total. The second-order valence-corrected chi connectivity index (χ2v) is 7.49. The molecule has 0 spiro atoms. The van der Waals surface area contributed by atoms with Crippen molar-refractivity contribution in [3.63, 3.8) is 0 Å². The highest BCUT2D eigenvalue weighted by molar-refractivity contribution is 7.92. The van der Waals surface area contributed by atoms with E-state index in [2.05, 4.69) is 14.7 Å². The Hall–Kier alpha value is -2.39. The molecule has 0 saturated heterocycles. The van der Waals surface area contributed by atoms with Crippen LogP contribution >= 0.6 is 11.3 Å². The number of sulfonamides is 1. The van der Waals surface area contributed by atoms with Crippen LogP contribution in [0.3, 0.4) is 0 Å². The maximum Gasteiger partial charge on any atom is 0.352 e. The molecule has 0 unspecified atom stereocenters. The Labute approximate surface area is 129 Å². The number of carbonyl (C=O) groups is 1. The van der Waals surface area contributed by atoms with E-state index < -0.39 is 16.0 Å². The molecule has 1 aromatic carbocycles. The summed E-state index contributed by atoms with van der Waals surface area (Å²) in [4.78, 5) is 17.4. The number of aromatic amines is 1. The van der Waals surface area contributed by atoms with Crippen LogP contribution in [0.5, 0.6) is 0 Å². The van der Waals surface area contributed by atoms with Gasteiger partial charge in [-0.2, -0.15) is 0 Å². The number of hydrogen-bond acceptors (Lipinski definition) is 5. The van der Waals surface area contributed by atoms with Crippen LogP contribution in [-0.4, -0.2) is 29.5 Å². The molecule has 0 bridgehead atoms. The van der Waals surface area contributed by atoms with Crippen LogP contribution in [0.15, 0.2) is 35.4 Å². The van der Waals surface area contributed by atoms with Crippen molar-refractivity contribution in [1.82, 2.24) is 9.97 Å². The maximum absolute atomic E-state index is 12.2. The summed E-state index contributed by atoms with van der Waals surface area (Å²) in [5.41, 5.74) is 1.02. The van der Waals surface area contributed by atoms with Crippen molar-refractivity contribution < 1.29 is 18.3 Å². The Morgan fingerprint density at radius 2 is 2.14 bits per heavy atom. The van der Waals surface area contributed by atoms with Crippen molar-refractivity contribution >= 4 is 43.2 Å². The third-order valence-electron chi connectivity index (χ3n) is 2.94. The zero-order valence-electron chi connectivity index (χ0n) is 11.3. The van der Waals surface area contributed by atoms with Crippen LogP contribution in [0.25, 0.3) is 10.2 Å². The number of hydrogen-bond donors (Lipinski definition) is 3. The SMILES string of the molecule is Cc1nc2ccc(NS(=O)(=O)c3c[nH]c(C(=O)O)c3)cc2s1. The van der Waals surface area contributed by atoms with E-state index in [0.29, 0.717) is 5.69 Å². The van der Waals surface area contributed by atoms with Gasteiger partial charge in [-0.25, -0.2) is 18.2 Å². The Morgan fingerprint density at radius 3 is 2.82 bits per heavy atom. The quantitative estimate of drug-likeness (QED) is 0.677. The van der Waals surface area contributed by atoms with Gasteiger partial charge in [0.1, 0.15) is 10.6 Å². The van der Waals surface area contributed by atoms with Gasteiger partial charge in [0.05, 0.1) is 20.9 Å². The van der Waals surface area contributed by atoms with Crippen molar-refractivity contribution in [2.24, 2.45) is 0 Å². The number of H-pyrrole nitrogens is 1.